The maximum absolute atomic E-state index is 12.5. The van der Waals surface area contributed by atoms with Gasteiger partial charge in [0.25, 0.3) is 5.91 Å². The van der Waals surface area contributed by atoms with Crippen LogP contribution in [0.1, 0.15) is 35.2 Å². The molecule has 0 bridgehead atoms. The number of benzene rings is 1. The van der Waals surface area contributed by atoms with Gasteiger partial charge in [0.1, 0.15) is 0 Å². The van der Waals surface area contributed by atoms with Gasteiger partial charge in [0, 0.05) is 18.7 Å². The summed E-state index contributed by atoms with van der Waals surface area (Å²) in [6.07, 6.45) is -1.49. The van der Waals surface area contributed by atoms with E-state index in [2.05, 4.69) is 0 Å². The van der Waals surface area contributed by atoms with Crippen molar-refractivity contribution in [2.24, 2.45) is 0 Å². The van der Waals surface area contributed by atoms with Gasteiger partial charge >= 0.3 is 6.18 Å². The number of carbonyl (C=O) groups is 1. The summed E-state index contributed by atoms with van der Waals surface area (Å²) in [6.45, 7) is 1.27. The second kappa shape index (κ2) is 5.00. The zero-order valence-corrected chi connectivity index (χ0v) is 9.83. The average molecular weight is 257 g/mol. The number of rotatable bonds is 1. The van der Waals surface area contributed by atoms with E-state index in [1.165, 1.54) is 12.1 Å². The lowest BCUT2D eigenvalue weighted by molar-refractivity contribution is -0.137. The molecule has 0 atom stereocenters. The molecule has 98 valence electrons. The first kappa shape index (κ1) is 12.9. The van der Waals surface area contributed by atoms with E-state index in [4.69, 9.17) is 0 Å². The molecule has 1 aliphatic rings. The first-order valence-electron chi connectivity index (χ1n) is 5.95. The summed E-state index contributed by atoms with van der Waals surface area (Å²) in [6, 6.07) is 4.62. The van der Waals surface area contributed by atoms with Crippen molar-refractivity contribution in [3.8, 4) is 0 Å². The van der Waals surface area contributed by atoms with E-state index in [0.29, 0.717) is 13.1 Å². The number of hydrogen-bond acceptors (Lipinski definition) is 1. The monoisotopic (exact) mass is 257 g/mol. The maximum atomic E-state index is 12.5. The molecule has 1 aromatic carbocycles. The van der Waals surface area contributed by atoms with Crippen molar-refractivity contribution in [2.75, 3.05) is 13.1 Å². The van der Waals surface area contributed by atoms with Crippen LogP contribution in [0.5, 0.6) is 0 Å². The summed E-state index contributed by atoms with van der Waals surface area (Å²) in [5, 5.41) is 0. The van der Waals surface area contributed by atoms with E-state index in [1.54, 1.807) is 4.90 Å². The molecule has 1 aliphatic heterocycles. The lowest BCUT2D eigenvalue weighted by Crippen LogP contribution is -2.35. The van der Waals surface area contributed by atoms with Gasteiger partial charge in [-0.1, -0.05) is 6.07 Å². The summed E-state index contributed by atoms with van der Waals surface area (Å²) in [5.74, 6) is -0.305. The van der Waals surface area contributed by atoms with Crippen LogP contribution in [-0.4, -0.2) is 23.9 Å². The van der Waals surface area contributed by atoms with Gasteiger partial charge in [-0.3, -0.25) is 4.79 Å². The first-order chi connectivity index (χ1) is 8.48. The average Bonchev–Trinajstić information content (AvgIpc) is 2.38. The zero-order valence-electron chi connectivity index (χ0n) is 9.83. The second-order valence-corrected chi connectivity index (χ2v) is 4.43. The van der Waals surface area contributed by atoms with Crippen molar-refractivity contribution in [3.05, 3.63) is 35.4 Å². The molecule has 0 aromatic heterocycles. The van der Waals surface area contributed by atoms with Crippen LogP contribution in [0.2, 0.25) is 0 Å². The summed E-state index contributed by atoms with van der Waals surface area (Å²) in [7, 11) is 0. The summed E-state index contributed by atoms with van der Waals surface area (Å²) in [5.41, 5.74) is -0.655. The fourth-order valence-electron chi connectivity index (χ4n) is 2.11. The van der Waals surface area contributed by atoms with Crippen molar-refractivity contribution in [3.63, 3.8) is 0 Å². The minimum absolute atomic E-state index is 0.117. The predicted octanol–water partition coefficient (Wildman–Crippen LogP) is 3.33. The van der Waals surface area contributed by atoms with Crippen LogP contribution in [0.4, 0.5) is 13.2 Å². The van der Waals surface area contributed by atoms with Gasteiger partial charge in [0.2, 0.25) is 0 Å². The standard InChI is InChI=1S/C13H14F3NO/c14-13(15,16)11-6-4-5-10(9-11)12(18)17-7-2-1-3-8-17/h4-6,9H,1-3,7-8H2. The van der Waals surface area contributed by atoms with Crippen LogP contribution in [-0.2, 0) is 6.18 Å². The van der Waals surface area contributed by atoms with Gasteiger partial charge in [-0.05, 0) is 37.5 Å². The third-order valence-electron chi connectivity index (χ3n) is 3.08. The van der Waals surface area contributed by atoms with E-state index in [-0.39, 0.29) is 11.5 Å². The molecule has 1 saturated heterocycles. The molecule has 0 unspecified atom stereocenters. The lowest BCUT2D eigenvalue weighted by Gasteiger charge is -2.26. The van der Waals surface area contributed by atoms with Gasteiger partial charge in [0.15, 0.2) is 0 Å². The topological polar surface area (TPSA) is 20.3 Å². The molecule has 1 heterocycles. The number of likely N-dealkylation sites (tertiary alicyclic amines) is 1. The Morgan fingerprint density at radius 3 is 2.39 bits per heavy atom. The molecule has 0 aliphatic carbocycles. The molecule has 1 aromatic rings. The predicted molar refractivity (Wildman–Crippen MR) is 61.2 cm³/mol. The molecule has 5 heteroatoms. The van der Waals surface area contributed by atoms with E-state index in [9.17, 15) is 18.0 Å². The number of amides is 1. The van der Waals surface area contributed by atoms with Gasteiger partial charge < -0.3 is 4.90 Å². The van der Waals surface area contributed by atoms with Crippen LogP contribution < -0.4 is 0 Å². The van der Waals surface area contributed by atoms with E-state index in [0.717, 1.165) is 31.4 Å². The highest BCUT2D eigenvalue weighted by molar-refractivity contribution is 5.94. The fraction of sp³-hybridized carbons (Fsp3) is 0.462. The number of nitrogens with zero attached hydrogens (tertiary/aromatic N) is 1. The Kier molecular flexibility index (Phi) is 3.59. The highest BCUT2D eigenvalue weighted by Gasteiger charge is 2.31. The summed E-state index contributed by atoms with van der Waals surface area (Å²) < 4.78 is 37.6. The molecule has 18 heavy (non-hydrogen) atoms. The summed E-state index contributed by atoms with van der Waals surface area (Å²) in [4.78, 5) is 13.7. The third kappa shape index (κ3) is 2.83. The molecule has 0 radical (unpaired) electrons. The van der Waals surface area contributed by atoms with Crippen molar-refractivity contribution < 1.29 is 18.0 Å². The SMILES string of the molecule is O=C(c1cccc(C(F)(F)F)c1)N1CCCCC1. The zero-order chi connectivity index (χ0) is 13.2. The number of alkyl halides is 3. The number of halogens is 3. The van der Waals surface area contributed by atoms with Crippen LogP contribution in [0, 0.1) is 0 Å². The Morgan fingerprint density at radius 1 is 1.11 bits per heavy atom. The van der Waals surface area contributed by atoms with Crippen molar-refractivity contribution in [1.29, 1.82) is 0 Å². The largest absolute Gasteiger partial charge is 0.416 e. The number of piperidine rings is 1. The summed E-state index contributed by atoms with van der Waals surface area (Å²) >= 11 is 0. The molecule has 1 amide bonds. The van der Waals surface area contributed by atoms with E-state index >= 15 is 0 Å². The van der Waals surface area contributed by atoms with Gasteiger partial charge in [-0.2, -0.15) is 13.2 Å². The normalized spacial score (nSPS) is 16.7. The quantitative estimate of drug-likeness (QED) is 0.755. The Balaban J connectivity index is 2.20. The van der Waals surface area contributed by atoms with Crippen LogP contribution >= 0.6 is 0 Å². The first-order valence-corrected chi connectivity index (χ1v) is 5.95. The highest BCUT2D eigenvalue weighted by Crippen LogP contribution is 2.29. The van der Waals surface area contributed by atoms with Crippen molar-refractivity contribution in [1.82, 2.24) is 4.90 Å². The molecule has 0 saturated carbocycles. The Hall–Kier alpha value is -1.52. The molecule has 2 nitrogen and oxygen atoms in total. The molecule has 0 spiro atoms. The van der Waals surface area contributed by atoms with E-state index in [1.807, 2.05) is 0 Å². The molecular formula is C13H14F3NO. The number of hydrogen-bond donors (Lipinski definition) is 0. The van der Waals surface area contributed by atoms with Crippen molar-refractivity contribution in [2.45, 2.75) is 25.4 Å². The molecular weight excluding hydrogens is 243 g/mol. The molecule has 1 fully saturated rings. The second-order valence-electron chi connectivity index (χ2n) is 4.43. The third-order valence-corrected chi connectivity index (χ3v) is 3.08. The highest BCUT2D eigenvalue weighted by atomic mass is 19.4. The maximum Gasteiger partial charge on any atom is 0.416 e. The Bertz CT molecular complexity index is 436. The smallest absolute Gasteiger partial charge is 0.339 e. The lowest BCUT2D eigenvalue weighted by atomic mass is 10.1. The van der Waals surface area contributed by atoms with Crippen molar-refractivity contribution >= 4 is 5.91 Å². The van der Waals surface area contributed by atoms with Gasteiger partial charge in [-0.25, -0.2) is 0 Å². The van der Waals surface area contributed by atoms with Gasteiger partial charge in [0.05, 0.1) is 5.56 Å². The minimum atomic E-state index is -4.40. The Morgan fingerprint density at radius 2 is 1.78 bits per heavy atom. The van der Waals surface area contributed by atoms with Crippen LogP contribution in [0.15, 0.2) is 24.3 Å². The molecule has 0 N–H and O–H groups in total. The van der Waals surface area contributed by atoms with Crippen LogP contribution in [0.3, 0.4) is 0 Å². The van der Waals surface area contributed by atoms with E-state index < -0.39 is 11.7 Å². The van der Waals surface area contributed by atoms with Gasteiger partial charge in [-0.15, -0.1) is 0 Å². The minimum Gasteiger partial charge on any atom is -0.339 e. The number of carbonyl (C=O) groups excluding carboxylic acids is 1. The van der Waals surface area contributed by atoms with Crippen LogP contribution in [0.25, 0.3) is 0 Å². The Labute approximate surface area is 103 Å². The fourth-order valence-corrected chi connectivity index (χ4v) is 2.11. The molecule has 2 rings (SSSR count).